The number of aliphatic hydroxyl groups excluding tert-OH is 1. The molecule has 0 saturated carbocycles. The summed E-state index contributed by atoms with van der Waals surface area (Å²) in [6.45, 7) is 9.33. The van der Waals surface area contributed by atoms with Gasteiger partial charge in [0.15, 0.2) is 12.2 Å². The van der Waals surface area contributed by atoms with Crippen molar-refractivity contribution in [3.05, 3.63) is 0 Å². The number of unbranched alkanes of at least 4 members (excludes halogenated alkanes) is 30. The molecule has 0 fully saturated rings. The van der Waals surface area contributed by atoms with Crippen LogP contribution < -0.4 is 0 Å². The highest BCUT2D eigenvalue weighted by molar-refractivity contribution is 7.47. The first-order chi connectivity index (χ1) is 38.4. The molecule has 0 aliphatic heterocycles. The smallest absolute Gasteiger partial charge is 0.462 e. The van der Waals surface area contributed by atoms with Gasteiger partial charge in [-0.3, -0.25) is 37.3 Å². The number of esters is 4. The van der Waals surface area contributed by atoms with Crippen molar-refractivity contribution < 1.29 is 80.2 Å². The molecule has 0 aromatic heterocycles. The first-order valence-corrected chi connectivity index (χ1v) is 35.0. The van der Waals surface area contributed by atoms with Crippen molar-refractivity contribution in [3.63, 3.8) is 0 Å². The average Bonchev–Trinajstić information content (AvgIpc) is 3.41. The molecule has 0 aromatic rings. The summed E-state index contributed by atoms with van der Waals surface area (Å²) >= 11 is 0. The summed E-state index contributed by atoms with van der Waals surface area (Å²) in [5, 5.41) is 10.5. The fourth-order valence-corrected chi connectivity index (χ4v) is 10.6. The van der Waals surface area contributed by atoms with Crippen LogP contribution >= 0.6 is 15.6 Å². The lowest BCUT2D eigenvalue weighted by Crippen LogP contribution is -2.30. The van der Waals surface area contributed by atoms with E-state index in [9.17, 15) is 43.2 Å². The molecule has 0 aromatic carbocycles. The number of hydrogen-bond acceptors (Lipinski definition) is 15. The van der Waals surface area contributed by atoms with Crippen molar-refractivity contribution in [3.8, 4) is 0 Å². The Morgan fingerprint density at radius 2 is 0.575 bits per heavy atom. The summed E-state index contributed by atoms with van der Waals surface area (Å²) in [4.78, 5) is 72.0. The van der Waals surface area contributed by atoms with Crippen LogP contribution in [0.4, 0.5) is 0 Å². The third kappa shape index (κ3) is 55.3. The van der Waals surface area contributed by atoms with Crippen LogP contribution in [0.3, 0.4) is 0 Å². The summed E-state index contributed by atoms with van der Waals surface area (Å²) in [5.74, 6) is -0.740. The minimum absolute atomic E-state index is 0.103. The van der Waals surface area contributed by atoms with E-state index in [-0.39, 0.29) is 25.7 Å². The molecular formula is C61H118O17P2. The fourth-order valence-electron chi connectivity index (χ4n) is 9.00. The highest BCUT2D eigenvalue weighted by atomic mass is 31.2. The van der Waals surface area contributed by atoms with Crippen LogP contribution in [0.1, 0.15) is 298 Å². The maximum Gasteiger partial charge on any atom is 0.472 e. The molecule has 0 bridgehead atoms. The Hall–Kier alpha value is -1.94. The first kappa shape index (κ1) is 78.1. The molecule has 19 heteroatoms. The number of aliphatic hydroxyl groups is 1. The van der Waals surface area contributed by atoms with Crippen LogP contribution in [0.5, 0.6) is 0 Å². The van der Waals surface area contributed by atoms with E-state index in [2.05, 4.69) is 41.5 Å². The standard InChI is InChI=1S/C61H118O17P2/c1-7-9-11-13-15-17-19-25-31-37-43-58(63)71-49-56(77-60(65)45-39-33-26-20-18-16-14-12-10-8-2)51-75-79(67,68)73-47-55(62)48-74-80(69,70)76-52-57(78-61(66)46-40-34-28-22-24-30-36-42-54(5)6)50-72-59(64)44-38-32-27-21-23-29-35-41-53(3)4/h53-57,62H,7-52H2,1-6H3,(H,67,68)(H,69,70)/t55-,56+,57+/m0/s1. The lowest BCUT2D eigenvalue weighted by molar-refractivity contribution is -0.161. The Morgan fingerprint density at radius 1 is 0.338 bits per heavy atom. The van der Waals surface area contributed by atoms with E-state index in [0.29, 0.717) is 37.5 Å². The third-order valence-electron chi connectivity index (χ3n) is 14.0. The molecule has 3 N–H and O–H groups in total. The first-order valence-electron chi connectivity index (χ1n) is 32.0. The molecule has 0 aliphatic carbocycles. The highest BCUT2D eigenvalue weighted by Gasteiger charge is 2.30. The Labute approximate surface area is 486 Å². The summed E-state index contributed by atoms with van der Waals surface area (Å²) < 4.78 is 67.8. The van der Waals surface area contributed by atoms with E-state index in [1.807, 2.05) is 0 Å². The van der Waals surface area contributed by atoms with Crippen molar-refractivity contribution in [1.82, 2.24) is 0 Å². The van der Waals surface area contributed by atoms with E-state index < -0.39 is 97.5 Å². The molecule has 5 atom stereocenters. The molecule has 474 valence electrons. The number of hydrogen-bond donors (Lipinski definition) is 3. The zero-order chi connectivity index (χ0) is 59.4. The number of ether oxygens (including phenoxy) is 4. The fraction of sp³-hybridized carbons (Fsp3) is 0.934. The summed E-state index contributed by atoms with van der Waals surface area (Å²) in [5.41, 5.74) is 0. The largest absolute Gasteiger partial charge is 0.472 e. The topological polar surface area (TPSA) is 237 Å². The monoisotopic (exact) mass is 1180 g/mol. The van der Waals surface area contributed by atoms with Crippen LogP contribution in [-0.2, 0) is 65.4 Å². The van der Waals surface area contributed by atoms with Gasteiger partial charge in [0.1, 0.15) is 19.3 Å². The lowest BCUT2D eigenvalue weighted by atomic mass is 10.0. The van der Waals surface area contributed by atoms with Gasteiger partial charge in [0.2, 0.25) is 0 Å². The van der Waals surface area contributed by atoms with Crippen LogP contribution in [0, 0.1) is 11.8 Å². The number of rotatable bonds is 60. The summed E-state index contributed by atoms with van der Waals surface area (Å²) in [6.07, 6.45) is 34.9. The SMILES string of the molecule is CCCCCCCCCCCCC(=O)OC[C@H](COP(=O)(O)OC[C@H](O)COP(=O)(O)OC[C@@H](COC(=O)CCCCCCCCCC(C)C)OC(=O)CCCCCCCCCC(C)C)OC(=O)CCCCCCCCCCCC. The lowest BCUT2D eigenvalue weighted by Gasteiger charge is -2.21. The quantitative estimate of drug-likeness (QED) is 0.0222. The average molecular weight is 1190 g/mol. The Balaban J connectivity index is 5.24. The Bertz CT molecular complexity index is 1580. The molecule has 0 spiro atoms. The molecule has 0 rings (SSSR count). The van der Waals surface area contributed by atoms with Gasteiger partial charge in [0, 0.05) is 25.7 Å². The molecule has 0 amide bonds. The van der Waals surface area contributed by atoms with E-state index >= 15 is 0 Å². The van der Waals surface area contributed by atoms with Gasteiger partial charge in [0.05, 0.1) is 26.4 Å². The number of phosphoric acid groups is 2. The zero-order valence-corrected chi connectivity index (χ0v) is 53.2. The highest BCUT2D eigenvalue weighted by Crippen LogP contribution is 2.45. The van der Waals surface area contributed by atoms with Crippen LogP contribution in [0.2, 0.25) is 0 Å². The molecule has 0 saturated heterocycles. The molecule has 2 unspecified atom stereocenters. The molecule has 80 heavy (non-hydrogen) atoms. The van der Waals surface area contributed by atoms with Gasteiger partial charge in [-0.05, 0) is 37.5 Å². The molecule has 0 heterocycles. The molecule has 0 radical (unpaired) electrons. The second kappa shape index (κ2) is 53.8. The van der Waals surface area contributed by atoms with Gasteiger partial charge in [0.25, 0.3) is 0 Å². The van der Waals surface area contributed by atoms with E-state index in [1.165, 1.54) is 109 Å². The van der Waals surface area contributed by atoms with E-state index in [4.69, 9.17) is 37.0 Å². The van der Waals surface area contributed by atoms with Gasteiger partial charge in [-0.1, -0.05) is 247 Å². The number of carbonyl (C=O) groups is 4. The predicted molar refractivity (Wildman–Crippen MR) is 317 cm³/mol. The number of carbonyl (C=O) groups excluding carboxylic acids is 4. The van der Waals surface area contributed by atoms with Crippen molar-refractivity contribution in [2.24, 2.45) is 11.8 Å². The second-order valence-corrected chi connectivity index (χ2v) is 25.9. The van der Waals surface area contributed by atoms with Crippen molar-refractivity contribution in [1.29, 1.82) is 0 Å². The van der Waals surface area contributed by atoms with Crippen LogP contribution in [0.25, 0.3) is 0 Å². The zero-order valence-electron chi connectivity index (χ0n) is 51.4. The summed E-state index contributed by atoms with van der Waals surface area (Å²) in [7, 11) is -9.88. The second-order valence-electron chi connectivity index (χ2n) is 23.0. The van der Waals surface area contributed by atoms with Crippen molar-refractivity contribution in [2.45, 2.75) is 317 Å². The minimum Gasteiger partial charge on any atom is -0.462 e. The maximum atomic E-state index is 12.9. The van der Waals surface area contributed by atoms with Crippen LogP contribution in [0.15, 0.2) is 0 Å². The Kier molecular flexibility index (Phi) is 52.5. The van der Waals surface area contributed by atoms with Gasteiger partial charge in [-0.2, -0.15) is 0 Å². The van der Waals surface area contributed by atoms with Gasteiger partial charge in [-0.25, -0.2) is 9.13 Å². The maximum absolute atomic E-state index is 12.9. The third-order valence-corrected chi connectivity index (χ3v) is 15.9. The van der Waals surface area contributed by atoms with Crippen molar-refractivity contribution >= 4 is 39.5 Å². The molecule has 17 nitrogen and oxygen atoms in total. The van der Waals surface area contributed by atoms with Crippen LogP contribution in [-0.4, -0.2) is 96.7 Å². The predicted octanol–water partition coefficient (Wildman–Crippen LogP) is 16.5. The molecule has 0 aliphatic rings. The minimum atomic E-state index is -4.94. The molecular weight excluding hydrogens is 1070 g/mol. The van der Waals surface area contributed by atoms with Crippen molar-refractivity contribution in [2.75, 3.05) is 39.6 Å². The van der Waals surface area contributed by atoms with Gasteiger partial charge >= 0.3 is 39.5 Å². The van der Waals surface area contributed by atoms with Gasteiger partial charge in [-0.15, -0.1) is 0 Å². The van der Waals surface area contributed by atoms with E-state index in [0.717, 1.165) is 96.3 Å². The Morgan fingerprint density at radius 3 is 0.850 bits per heavy atom. The van der Waals surface area contributed by atoms with E-state index in [1.54, 1.807) is 0 Å². The summed E-state index contributed by atoms with van der Waals surface area (Å²) in [6, 6.07) is 0. The normalized spacial score (nSPS) is 14.4. The van der Waals surface area contributed by atoms with Gasteiger partial charge < -0.3 is 33.8 Å². The number of phosphoric ester groups is 2.